The van der Waals surface area contributed by atoms with Gasteiger partial charge < -0.3 is 10.2 Å². The zero-order valence-corrected chi connectivity index (χ0v) is 20.0. The molecular formula is C27H33F3N2O2. The molecule has 5 rings (SSSR count). The van der Waals surface area contributed by atoms with E-state index in [0.29, 0.717) is 17.8 Å². The molecule has 3 aliphatic carbocycles. The lowest BCUT2D eigenvalue weighted by molar-refractivity contribution is -0.138. The Morgan fingerprint density at radius 3 is 2.59 bits per heavy atom. The van der Waals surface area contributed by atoms with E-state index < -0.39 is 17.6 Å². The molecule has 4 nitrogen and oxygen atoms in total. The molecule has 3 saturated carbocycles. The molecule has 3 fully saturated rings. The molecule has 7 heteroatoms. The zero-order valence-electron chi connectivity index (χ0n) is 20.0. The summed E-state index contributed by atoms with van der Waals surface area (Å²) < 4.78 is 39.3. The maximum Gasteiger partial charge on any atom is 0.416 e. The number of hydrogen-bond acceptors (Lipinski definition) is 2. The van der Waals surface area contributed by atoms with E-state index in [0.717, 1.165) is 50.7 Å². The number of alkyl halides is 3. The van der Waals surface area contributed by atoms with Gasteiger partial charge in [-0.05, 0) is 86.0 Å². The van der Waals surface area contributed by atoms with Gasteiger partial charge in [0.05, 0.1) is 5.56 Å². The second-order valence-electron chi connectivity index (χ2n) is 11.3. The van der Waals surface area contributed by atoms with Crippen LogP contribution in [0.5, 0.6) is 0 Å². The molecule has 1 N–H and O–H groups in total. The van der Waals surface area contributed by atoms with E-state index in [-0.39, 0.29) is 34.4 Å². The number of halogens is 3. The molecule has 0 radical (unpaired) electrons. The molecule has 0 saturated heterocycles. The summed E-state index contributed by atoms with van der Waals surface area (Å²) in [7, 11) is 1.91. The molecule has 0 aromatic heterocycles. The summed E-state index contributed by atoms with van der Waals surface area (Å²) in [5.41, 5.74) is -0.845. The van der Waals surface area contributed by atoms with Crippen LogP contribution < -0.4 is 5.32 Å². The third-order valence-corrected chi connectivity index (χ3v) is 9.89. The Labute approximate surface area is 199 Å². The highest BCUT2D eigenvalue weighted by Crippen LogP contribution is 2.63. The van der Waals surface area contributed by atoms with Crippen molar-refractivity contribution in [3.63, 3.8) is 0 Å². The van der Waals surface area contributed by atoms with Gasteiger partial charge in [-0.15, -0.1) is 0 Å². The van der Waals surface area contributed by atoms with Gasteiger partial charge in [0.1, 0.15) is 0 Å². The van der Waals surface area contributed by atoms with Crippen molar-refractivity contribution in [3.8, 4) is 0 Å². The fraction of sp³-hybridized carbons (Fsp3) is 0.630. The maximum absolute atomic E-state index is 13.1. The molecule has 184 valence electrons. The predicted octanol–water partition coefficient (Wildman–Crippen LogP) is 5.44. The lowest BCUT2D eigenvalue weighted by atomic mass is 9.48. The Morgan fingerprint density at radius 1 is 1.09 bits per heavy atom. The molecule has 0 bridgehead atoms. The SMILES string of the molecule is CN1C(=O)C=C[C@@]2(C)C1CC[C@@H]1[C@H]2CC[C@]2(C)C(NC(=O)c3cccc(C(F)(F)F)c3)CC[C@@H]12. The number of likely N-dealkylation sites (N-methyl/N-ethyl adjacent to an activating group) is 1. The maximum atomic E-state index is 13.1. The van der Waals surface area contributed by atoms with Crippen molar-refractivity contribution in [2.24, 2.45) is 28.6 Å². The summed E-state index contributed by atoms with van der Waals surface area (Å²) >= 11 is 0. The number of amides is 2. The smallest absolute Gasteiger partial charge is 0.349 e. The average Bonchev–Trinajstić information content (AvgIpc) is 3.12. The Bertz CT molecular complexity index is 1040. The van der Waals surface area contributed by atoms with Gasteiger partial charge >= 0.3 is 6.18 Å². The Hall–Kier alpha value is -2.31. The van der Waals surface area contributed by atoms with Crippen LogP contribution in [-0.4, -0.2) is 35.8 Å². The van der Waals surface area contributed by atoms with E-state index in [2.05, 4.69) is 25.2 Å². The predicted molar refractivity (Wildman–Crippen MR) is 123 cm³/mol. The summed E-state index contributed by atoms with van der Waals surface area (Å²) in [6.07, 6.45) is 5.35. The van der Waals surface area contributed by atoms with Gasteiger partial charge in [-0.3, -0.25) is 9.59 Å². The van der Waals surface area contributed by atoms with Gasteiger partial charge in [0.25, 0.3) is 5.91 Å². The largest absolute Gasteiger partial charge is 0.416 e. The Balaban J connectivity index is 1.35. The molecule has 4 aliphatic rings. The number of rotatable bonds is 2. The van der Waals surface area contributed by atoms with Crippen LogP contribution in [0.25, 0.3) is 0 Å². The van der Waals surface area contributed by atoms with Crippen molar-refractivity contribution in [1.82, 2.24) is 10.2 Å². The van der Waals surface area contributed by atoms with Gasteiger partial charge in [-0.25, -0.2) is 0 Å². The van der Waals surface area contributed by atoms with Gasteiger partial charge in [-0.1, -0.05) is 26.0 Å². The quantitative estimate of drug-likeness (QED) is 0.620. The van der Waals surface area contributed by atoms with E-state index in [1.807, 2.05) is 11.9 Å². The molecule has 0 spiro atoms. The van der Waals surface area contributed by atoms with E-state index in [4.69, 9.17) is 0 Å². The summed E-state index contributed by atoms with van der Waals surface area (Å²) in [6, 6.07) is 4.86. The second kappa shape index (κ2) is 7.85. The fourth-order valence-electron chi connectivity index (χ4n) is 8.05. The van der Waals surface area contributed by atoms with Crippen molar-refractivity contribution in [1.29, 1.82) is 0 Å². The normalized spacial score (nSPS) is 39.3. The number of carbonyl (C=O) groups excluding carboxylic acids is 2. The van der Waals surface area contributed by atoms with E-state index in [1.165, 1.54) is 12.1 Å². The average molecular weight is 475 g/mol. The highest BCUT2D eigenvalue weighted by Gasteiger charge is 2.60. The van der Waals surface area contributed by atoms with Crippen molar-refractivity contribution in [3.05, 3.63) is 47.5 Å². The van der Waals surface area contributed by atoms with E-state index >= 15 is 0 Å². The highest BCUT2D eigenvalue weighted by molar-refractivity contribution is 5.94. The molecule has 1 aromatic rings. The van der Waals surface area contributed by atoms with Crippen molar-refractivity contribution >= 4 is 11.8 Å². The lowest BCUT2D eigenvalue weighted by Crippen LogP contribution is -2.60. The number of hydrogen-bond donors (Lipinski definition) is 1. The molecule has 2 amide bonds. The van der Waals surface area contributed by atoms with Crippen molar-refractivity contribution in [2.45, 2.75) is 70.6 Å². The first-order valence-corrected chi connectivity index (χ1v) is 12.4. The minimum Gasteiger partial charge on any atom is -0.349 e. The number of carbonyl (C=O) groups is 2. The first-order valence-electron chi connectivity index (χ1n) is 12.4. The molecule has 1 aromatic carbocycles. The zero-order chi connectivity index (χ0) is 24.5. The molecule has 1 aliphatic heterocycles. The van der Waals surface area contributed by atoms with Gasteiger partial charge in [0, 0.05) is 30.1 Å². The fourth-order valence-corrected chi connectivity index (χ4v) is 8.05. The van der Waals surface area contributed by atoms with Gasteiger partial charge in [-0.2, -0.15) is 13.2 Å². The highest BCUT2D eigenvalue weighted by atomic mass is 19.4. The van der Waals surface area contributed by atoms with E-state index in [9.17, 15) is 22.8 Å². The van der Waals surface area contributed by atoms with Crippen molar-refractivity contribution in [2.75, 3.05) is 7.05 Å². The molecular weight excluding hydrogens is 441 g/mol. The standard InChI is InChI=1S/C27H33F3N2O2/c1-25-13-11-20-18(7-10-22-26(20,2)14-12-23(33)32(22)3)19(25)8-9-21(25)31-24(34)16-5-4-6-17(15-16)27(28,29)30/h4-6,12,14-15,18-22H,7-11,13H2,1-3H3,(H,31,34)/t18-,19-,20+,21?,22?,25-,26+/m0/s1. The van der Waals surface area contributed by atoms with Gasteiger partial charge in [0.2, 0.25) is 5.91 Å². The van der Waals surface area contributed by atoms with Crippen LogP contribution in [0.3, 0.4) is 0 Å². The Kier molecular flexibility index (Phi) is 5.41. The summed E-state index contributed by atoms with van der Waals surface area (Å²) in [6.45, 7) is 4.57. The second-order valence-corrected chi connectivity index (χ2v) is 11.3. The first-order chi connectivity index (χ1) is 15.9. The molecule has 7 atom stereocenters. The van der Waals surface area contributed by atoms with Crippen LogP contribution in [0, 0.1) is 28.6 Å². The summed E-state index contributed by atoms with van der Waals surface area (Å²) in [5, 5.41) is 3.11. The minimum atomic E-state index is -4.47. The van der Waals surface area contributed by atoms with E-state index in [1.54, 1.807) is 6.08 Å². The lowest BCUT2D eigenvalue weighted by Gasteiger charge is -2.60. The first kappa shape index (κ1) is 23.4. The Morgan fingerprint density at radius 2 is 1.85 bits per heavy atom. The minimum absolute atomic E-state index is 0.0354. The van der Waals surface area contributed by atoms with Crippen molar-refractivity contribution < 1.29 is 22.8 Å². The molecule has 34 heavy (non-hydrogen) atoms. The van der Waals surface area contributed by atoms with Crippen LogP contribution in [0.1, 0.15) is 68.3 Å². The molecule has 1 heterocycles. The number of fused-ring (bicyclic) bond motifs is 5. The topological polar surface area (TPSA) is 49.4 Å². The number of benzene rings is 1. The van der Waals surface area contributed by atoms with Crippen LogP contribution in [0.15, 0.2) is 36.4 Å². The number of nitrogens with zero attached hydrogens (tertiary/aromatic N) is 1. The molecule has 2 unspecified atom stereocenters. The number of nitrogens with one attached hydrogen (secondary N) is 1. The summed E-state index contributed by atoms with van der Waals surface area (Å²) in [5.74, 6) is 1.15. The third-order valence-electron chi connectivity index (χ3n) is 9.89. The third kappa shape index (κ3) is 3.49. The van der Waals surface area contributed by atoms with Crippen LogP contribution in [0.2, 0.25) is 0 Å². The van der Waals surface area contributed by atoms with Crippen LogP contribution in [-0.2, 0) is 11.0 Å². The summed E-state index contributed by atoms with van der Waals surface area (Å²) in [4.78, 5) is 27.1. The van der Waals surface area contributed by atoms with Crippen LogP contribution in [0.4, 0.5) is 13.2 Å². The van der Waals surface area contributed by atoms with Gasteiger partial charge in [0.15, 0.2) is 0 Å². The van der Waals surface area contributed by atoms with Crippen LogP contribution >= 0.6 is 0 Å². The monoisotopic (exact) mass is 474 g/mol.